The van der Waals surface area contributed by atoms with E-state index in [2.05, 4.69) is 5.43 Å². The Morgan fingerprint density at radius 3 is 2.56 bits per heavy atom. The van der Waals surface area contributed by atoms with E-state index >= 15 is 0 Å². The molecule has 1 N–H and O–H groups in total. The van der Waals surface area contributed by atoms with Gasteiger partial charge < -0.3 is 0 Å². The van der Waals surface area contributed by atoms with Gasteiger partial charge in [0.15, 0.2) is 6.20 Å². The highest BCUT2D eigenvalue weighted by atomic mass is 16.7. The van der Waals surface area contributed by atoms with Crippen LogP contribution < -0.4 is 5.43 Å². The molecule has 0 fully saturated rings. The zero-order valence-electron chi connectivity index (χ0n) is 5.66. The van der Waals surface area contributed by atoms with Crippen LogP contribution in [0.2, 0.25) is 0 Å². The molecule has 0 aromatic rings. The molecule has 0 amide bonds. The Hall–Kier alpha value is -0.800. The SMILES string of the molecule is CO[N+]1(C)C=CC=CN1. The van der Waals surface area contributed by atoms with Gasteiger partial charge in [-0.1, -0.05) is 4.76 Å². The predicted molar refractivity (Wildman–Crippen MR) is 34.6 cm³/mol. The number of quaternary nitrogens is 1. The zero-order chi connectivity index (χ0) is 6.74. The Balaban J connectivity index is 2.63. The van der Waals surface area contributed by atoms with Gasteiger partial charge in [-0.05, 0) is 12.2 Å². The van der Waals surface area contributed by atoms with E-state index in [4.69, 9.17) is 4.84 Å². The summed E-state index contributed by atoms with van der Waals surface area (Å²) in [6, 6.07) is 0. The van der Waals surface area contributed by atoms with Crippen molar-refractivity contribution in [3.05, 3.63) is 24.6 Å². The van der Waals surface area contributed by atoms with Gasteiger partial charge in [-0.15, -0.1) is 0 Å². The molecule has 3 nitrogen and oxygen atoms in total. The van der Waals surface area contributed by atoms with Gasteiger partial charge in [-0.3, -0.25) is 0 Å². The molecule has 0 aromatic carbocycles. The smallest absolute Gasteiger partial charge is 0.154 e. The summed E-state index contributed by atoms with van der Waals surface area (Å²) in [5.41, 5.74) is 2.99. The fraction of sp³-hybridized carbons (Fsp3) is 0.333. The second-order valence-corrected chi connectivity index (χ2v) is 2.00. The molecule has 50 valence electrons. The van der Waals surface area contributed by atoms with E-state index in [9.17, 15) is 0 Å². The van der Waals surface area contributed by atoms with Crippen LogP contribution in [-0.4, -0.2) is 18.9 Å². The van der Waals surface area contributed by atoms with Gasteiger partial charge in [0.2, 0.25) is 0 Å². The summed E-state index contributed by atoms with van der Waals surface area (Å²) in [5, 5.41) is 0. The van der Waals surface area contributed by atoms with Crippen molar-refractivity contribution in [1.29, 1.82) is 0 Å². The van der Waals surface area contributed by atoms with E-state index < -0.39 is 0 Å². The third kappa shape index (κ3) is 1.31. The molecule has 0 saturated carbocycles. The standard InChI is InChI=1S/C6H11N2O/c1-8(9-2)6-4-3-5-7-8/h3-7H,1-2H3/q+1. The quantitative estimate of drug-likeness (QED) is 0.519. The molecule has 0 aliphatic carbocycles. The molecule has 9 heavy (non-hydrogen) atoms. The lowest BCUT2D eigenvalue weighted by molar-refractivity contribution is -1.08. The lowest BCUT2D eigenvalue weighted by atomic mass is 10.5. The van der Waals surface area contributed by atoms with E-state index in [1.807, 2.05) is 31.6 Å². The van der Waals surface area contributed by atoms with Gasteiger partial charge >= 0.3 is 0 Å². The highest BCUT2D eigenvalue weighted by Crippen LogP contribution is 2.01. The Bertz CT molecular complexity index is 153. The summed E-state index contributed by atoms with van der Waals surface area (Å²) in [6.07, 6.45) is 7.59. The second-order valence-electron chi connectivity index (χ2n) is 2.00. The van der Waals surface area contributed by atoms with Crippen molar-refractivity contribution in [2.24, 2.45) is 0 Å². The van der Waals surface area contributed by atoms with E-state index in [0.29, 0.717) is 4.76 Å². The third-order valence-corrected chi connectivity index (χ3v) is 1.29. The van der Waals surface area contributed by atoms with Crippen LogP contribution in [0.1, 0.15) is 0 Å². The van der Waals surface area contributed by atoms with Crippen LogP contribution in [0, 0.1) is 0 Å². The Morgan fingerprint density at radius 2 is 2.22 bits per heavy atom. The van der Waals surface area contributed by atoms with Gasteiger partial charge in [-0.2, -0.15) is 4.84 Å². The van der Waals surface area contributed by atoms with Crippen LogP contribution in [0.3, 0.4) is 0 Å². The summed E-state index contributed by atoms with van der Waals surface area (Å²) in [7, 11) is 3.55. The average molecular weight is 127 g/mol. The highest BCUT2D eigenvalue weighted by Gasteiger charge is 2.16. The van der Waals surface area contributed by atoms with Gasteiger partial charge in [-0.25, -0.2) is 5.43 Å². The number of hydroxylamine groups is 2. The maximum absolute atomic E-state index is 5.07. The maximum Gasteiger partial charge on any atom is 0.154 e. The first-order chi connectivity index (χ1) is 4.27. The number of nitrogens with one attached hydrogen (secondary N) is 1. The average Bonchev–Trinajstić information content (AvgIpc) is 1.90. The van der Waals surface area contributed by atoms with Gasteiger partial charge in [0.05, 0.1) is 13.3 Å². The van der Waals surface area contributed by atoms with Gasteiger partial charge in [0, 0.05) is 0 Å². The lowest BCUT2D eigenvalue weighted by Crippen LogP contribution is -2.47. The molecule has 0 radical (unpaired) electrons. The Kier molecular flexibility index (Phi) is 1.55. The molecule has 1 rings (SSSR count). The first-order valence-electron chi connectivity index (χ1n) is 2.81. The molecule has 0 spiro atoms. The monoisotopic (exact) mass is 127 g/mol. The zero-order valence-corrected chi connectivity index (χ0v) is 5.66. The number of hydrogen-bond donors (Lipinski definition) is 1. The van der Waals surface area contributed by atoms with E-state index in [1.165, 1.54) is 0 Å². The predicted octanol–water partition coefficient (Wildman–Crippen LogP) is 0.540. The molecule has 3 heteroatoms. The largest absolute Gasteiger partial charge is 0.207 e. The summed E-state index contributed by atoms with van der Waals surface area (Å²) in [6.45, 7) is 0. The molecule has 1 unspecified atom stereocenters. The summed E-state index contributed by atoms with van der Waals surface area (Å²) < 4.78 is 0.302. The van der Waals surface area contributed by atoms with Gasteiger partial charge in [0.25, 0.3) is 0 Å². The number of nitrogens with zero attached hydrogens (tertiary/aromatic N) is 1. The minimum atomic E-state index is 0.302. The van der Waals surface area contributed by atoms with Crippen LogP contribution in [0.25, 0.3) is 0 Å². The molecule has 0 aromatic heterocycles. The molecule has 0 bridgehead atoms. The minimum Gasteiger partial charge on any atom is -0.207 e. The van der Waals surface area contributed by atoms with Crippen LogP contribution in [0.4, 0.5) is 0 Å². The van der Waals surface area contributed by atoms with E-state index in [1.54, 1.807) is 7.11 Å². The van der Waals surface area contributed by atoms with Crippen LogP contribution in [0.15, 0.2) is 24.6 Å². The van der Waals surface area contributed by atoms with Crippen LogP contribution in [0.5, 0.6) is 0 Å². The first kappa shape index (κ1) is 6.32. The van der Waals surface area contributed by atoms with Crippen LogP contribution >= 0.6 is 0 Å². The fourth-order valence-corrected chi connectivity index (χ4v) is 0.617. The van der Waals surface area contributed by atoms with Crippen LogP contribution in [-0.2, 0) is 4.84 Å². The maximum atomic E-state index is 5.07. The summed E-state index contributed by atoms with van der Waals surface area (Å²) >= 11 is 0. The minimum absolute atomic E-state index is 0.302. The molecule has 0 saturated heterocycles. The lowest BCUT2D eigenvalue weighted by Gasteiger charge is -2.25. The Morgan fingerprint density at radius 1 is 1.44 bits per heavy atom. The van der Waals surface area contributed by atoms with Crippen molar-refractivity contribution in [3.8, 4) is 0 Å². The number of rotatable bonds is 1. The molecule has 1 aliphatic heterocycles. The molecule has 1 atom stereocenters. The van der Waals surface area contributed by atoms with Crippen molar-refractivity contribution in [2.45, 2.75) is 0 Å². The molecule has 1 aliphatic rings. The van der Waals surface area contributed by atoms with E-state index in [-0.39, 0.29) is 0 Å². The van der Waals surface area contributed by atoms with Crippen molar-refractivity contribution in [1.82, 2.24) is 5.43 Å². The fourth-order valence-electron chi connectivity index (χ4n) is 0.617. The highest BCUT2D eigenvalue weighted by molar-refractivity contribution is 4.99. The first-order valence-corrected chi connectivity index (χ1v) is 2.81. The van der Waals surface area contributed by atoms with E-state index in [0.717, 1.165) is 0 Å². The number of hydrogen-bond acceptors (Lipinski definition) is 2. The summed E-state index contributed by atoms with van der Waals surface area (Å²) in [4.78, 5) is 5.07. The number of allylic oxidation sites excluding steroid dienone is 2. The second kappa shape index (κ2) is 2.21. The third-order valence-electron chi connectivity index (χ3n) is 1.29. The molecule has 1 heterocycles. The topological polar surface area (TPSA) is 21.3 Å². The molecular formula is C6H11N2O+. The Labute approximate surface area is 54.7 Å². The van der Waals surface area contributed by atoms with Crippen molar-refractivity contribution < 1.29 is 9.59 Å². The normalized spacial score (nSPS) is 32.2. The van der Waals surface area contributed by atoms with Gasteiger partial charge in [0.1, 0.15) is 7.05 Å². The molecular weight excluding hydrogens is 116 g/mol. The van der Waals surface area contributed by atoms with Crippen molar-refractivity contribution in [3.63, 3.8) is 0 Å². The van der Waals surface area contributed by atoms with Crippen molar-refractivity contribution in [2.75, 3.05) is 14.2 Å². The van der Waals surface area contributed by atoms with Crippen molar-refractivity contribution >= 4 is 0 Å². The summed E-state index contributed by atoms with van der Waals surface area (Å²) in [5.74, 6) is 0.